The van der Waals surface area contributed by atoms with Crippen LogP contribution in [-0.2, 0) is 32.1 Å². The number of ether oxygens (including phenoxy) is 3. The Morgan fingerprint density at radius 3 is 2.10 bits per heavy atom. The highest BCUT2D eigenvalue weighted by Gasteiger charge is 2.29. The molecule has 1 atom stereocenters. The van der Waals surface area contributed by atoms with Crippen LogP contribution < -0.4 is 0 Å². The second-order valence-electron chi connectivity index (χ2n) is 7.66. The zero-order valence-corrected chi connectivity index (χ0v) is 17.9. The molecule has 1 aliphatic heterocycles. The fourth-order valence-electron chi connectivity index (χ4n) is 3.64. The molecular weight excluding hydrogens is 378 g/mol. The van der Waals surface area contributed by atoms with Crippen LogP contribution in [0.25, 0.3) is 0 Å². The first-order valence-electron chi connectivity index (χ1n) is 11.0. The van der Waals surface area contributed by atoms with E-state index in [1.807, 2.05) is 36.4 Å². The summed E-state index contributed by atoms with van der Waals surface area (Å²) in [6.45, 7) is 5.15. The molecule has 1 fully saturated rings. The first kappa shape index (κ1) is 22.5. The van der Waals surface area contributed by atoms with Gasteiger partial charge in [0, 0.05) is 19.5 Å². The summed E-state index contributed by atoms with van der Waals surface area (Å²) in [6.07, 6.45) is 2.96. The summed E-state index contributed by atoms with van der Waals surface area (Å²) in [5.41, 5.74) is 2.35. The lowest BCUT2D eigenvalue weighted by Crippen LogP contribution is -2.42. The van der Waals surface area contributed by atoms with Crippen LogP contribution in [0.15, 0.2) is 60.7 Å². The summed E-state index contributed by atoms with van der Waals surface area (Å²) in [5.74, 6) is -0.159. The lowest BCUT2D eigenvalue weighted by molar-refractivity contribution is -0.152. The van der Waals surface area contributed by atoms with Crippen LogP contribution in [0.1, 0.15) is 43.7 Å². The molecule has 0 bridgehead atoms. The molecule has 0 aromatic heterocycles. The van der Waals surface area contributed by atoms with Gasteiger partial charge in [-0.2, -0.15) is 0 Å². The number of hydrogen-bond donors (Lipinski definition) is 0. The maximum Gasteiger partial charge on any atom is 0.323 e. The van der Waals surface area contributed by atoms with Crippen molar-refractivity contribution in [2.75, 3.05) is 19.8 Å². The van der Waals surface area contributed by atoms with E-state index >= 15 is 0 Å². The SMILES string of the molecule is CCCCOC(=O)[C@H](CCC1OCCO1)N(Cc1ccccc1)Cc1ccccc1. The van der Waals surface area contributed by atoms with Crippen molar-refractivity contribution in [1.29, 1.82) is 0 Å². The van der Waals surface area contributed by atoms with Crippen molar-refractivity contribution in [2.45, 2.75) is 58.0 Å². The van der Waals surface area contributed by atoms with E-state index in [1.165, 1.54) is 11.1 Å². The van der Waals surface area contributed by atoms with Crippen molar-refractivity contribution >= 4 is 5.97 Å². The van der Waals surface area contributed by atoms with Crippen molar-refractivity contribution in [3.63, 3.8) is 0 Å². The Balaban J connectivity index is 1.77. The molecule has 30 heavy (non-hydrogen) atoms. The monoisotopic (exact) mass is 411 g/mol. The molecule has 0 aliphatic carbocycles. The molecule has 162 valence electrons. The second kappa shape index (κ2) is 12.5. The van der Waals surface area contributed by atoms with Crippen molar-refractivity contribution in [1.82, 2.24) is 4.90 Å². The lowest BCUT2D eigenvalue weighted by atomic mass is 10.1. The van der Waals surface area contributed by atoms with E-state index in [9.17, 15) is 4.79 Å². The van der Waals surface area contributed by atoms with E-state index in [1.54, 1.807) is 0 Å². The number of nitrogens with zero attached hydrogens (tertiary/aromatic N) is 1. The Kier molecular flexibility index (Phi) is 9.35. The number of esters is 1. The molecule has 0 spiro atoms. The molecular formula is C25H33NO4. The molecule has 2 aromatic carbocycles. The molecule has 0 saturated carbocycles. The third-order valence-corrected chi connectivity index (χ3v) is 5.28. The predicted octanol–water partition coefficient (Wildman–Crippen LogP) is 4.55. The zero-order valence-electron chi connectivity index (χ0n) is 17.9. The zero-order chi connectivity index (χ0) is 21.0. The van der Waals surface area contributed by atoms with Gasteiger partial charge in [0.15, 0.2) is 6.29 Å². The molecule has 0 radical (unpaired) electrons. The minimum Gasteiger partial charge on any atom is -0.465 e. The van der Waals surface area contributed by atoms with Gasteiger partial charge in [-0.25, -0.2) is 0 Å². The van der Waals surface area contributed by atoms with Crippen LogP contribution in [0.5, 0.6) is 0 Å². The van der Waals surface area contributed by atoms with Gasteiger partial charge in [-0.3, -0.25) is 9.69 Å². The summed E-state index contributed by atoms with van der Waals surface area (Å²) >= 11 is 0. The highest BCUT2D eigenvalue weighted by atomic mass is 16.7. The van der Waals surface area contributed by atoms with E-state index in [2.05, 4.69) is 36.1 Å². The molecule has 0 unspecified atom stereocenters. The van der Waals surface area contributed by atoms with Crippen molar-refractivity contribution in [3.8, 4) is 0 Å². The highest BCUT2D eigenvalue weighted by molar-refractivity contribution is 5.75. The molecule has 1 heterocycles. The van der Waals surface area contributed by atoms with Crippen LogP contribution in [0.2, 0.25) is 0 Å². The van der Waals surface area contributed by atoms with Crippen LogP contribution in [-0.4, -0.2) is 43.0 Å². The fourth-order valence-corrected chi connectivity index (χ4v) is 3.64. The van der Waals surface area contributed by atoms with Crippen LogP contribution in [0.4, 0.5) is 0 Å². The van der Waals surface area contributed by atoms with Gasteiger partial charge in [0.05, 0.1) is 19.8 Å². The minimum atomic E-state index is -0.352. The van der Waals surface area contributed by atoms with Gasteiger partial charge in [0.25, 0.3) is 0 Å². The summed E-state index contributed by atoms with van der Waals surface area (Å²) in [4.78, 5) is 15.3. The average Bonchev–Trinajstić information content (AvgIpc) is 3.29. The summed E-state index contributed by atoms with van der Waals surface area (Å²) in [5, 5.41) is 0. The maximum absolute atomic E-state index is 13.1. The van der Waals surface area contributed by atoms with Gasteiger partial charge in [0.1, 0.15) is 6.04 Å². The van der Waals surface area contributed by atoms with Gasteiger partial charge in [-0.05, 0) is 24.0 Å². The van der Waals surface area contributed by atoms with Gasteiger partial charge in [-0.15, -0.1) is 0 Å². The van der Waals surface area contributed by atoms with Gasteiger partial charge in [-0.1, -0.05) is 74.0 Å². The van der Waals surface area contributed by atoms with Gasteiger partial charge >= 0.3 is 5.97 Å². The third kappa shape index (κ3) is 7.24. The normalized spacial score (nSPS) is 15.4. The van der Waals surface area contributed by atoms with Crippen LogP contribution >= 0.6 is 0 Å². The Labute approximate surface area is 179 Å². The number of unbranched alkanes of at least 4 members (excludes halogenated alkanes) is 1. The minimum absolute atomic E-state index is 0.159. The number of carbonyl (C=O) groups is 1. The van der Waals surface area contributed by atoms with Crippen molar-refractivity contribution in [3.05, 3.63) is 71.8 Å². The Morgan fingerprint density at radius 2 is 1.57 bits per heavy atom. The largest absolute Gasteiger partial charge is 0.465 e. The van der Waals surface area contributed by atoms with E-state index in [-0.39, 0.29) is 18.3 Å². The molecule has 1 aliphatic rings. The van der Waals surface area contributed by atoms with E-state index in [0.717, 1.165) is 12.8 Å². The Bertz CT molecular complexity index is 690. The number of hydrogen-bond acceptors (Lipinski definition) is 5. The van der Waals surface area contributed by atoms with E-state index in [4.69, 9.17) is 14.2 Å². The number of carbonyl (C=O) groups excluding carboxylic acids is 1. The van der Waals surface area contributed by atoms with Crippen LogP contribution in [0.3, 0.4) is 0 Å². The summed E-state index contributed by atoms with van der Waals surface area (Å²) in [7, 11) is 0. The molecule has 3 rings (SSSR count). The molecule has 5 heteroatoms. The van der Waals surface area contributed by atoms with Gasteiger partial charge < -0.3 is 14.2 Å². The fraction of sp³-hybridized carbons (Fsp3) is 0.480. The maximum atomic E-state index is 13.1. The van der Waals surface area contributed by atoms with E-state index < -0.39 is 0 Å². The number of rotatable bonds is 12. The Morgan fingerprint density at radius 1 is 1.00 bits per heavy atom. The predicted molar refractivity (Wildman–Crippen MR) is 117 cm³/mol. The number of benzene rings is 2. The first-order chi connectivity index (χ1) is 14.8. The van der Waals surface area contributed by atoms with Gasteiger partial charge in [0.2, 0.25) is 0 Å². The van der Waals surface area contributed by atoms with Crippen molar-refractivity contribution < 1.29 is 19.0 Å². The summed E-state index contributed by atoms with van der Waals surface area (Å²) in [6, 6.07) is 20.2. The molecule has 1 saturated heterocycles. The quantitative estimate of drug-likeness (QED) is 0.379. The molecule has 5 nitrogen and oxygen atoms in total. The van der Waals surface area contributed by atoms with Crippen LogP contribution in [0, 0.1) is 0 Å². The first-order valence-corrected chi connectivity index (χ1v) is 11.0. The summed E-state index contributed by atoms with van der Waals surface area (Å²) < 4.78 is 16.9. The Hall–Kier alpha value is -2.21. The highest BCUT2D eigenvalue weighted by Crippen LogP contribution is 2.21. The third-order valence-electron chi connectivity index (χ3n) is 5.28. The molecule has 0 N–H and O–H groups in total. The second-order valence-corrected chi connectivity index (χ2v) is 7.66. The van der Waals surface area contributed by atoms with E-state index in [0.29, 0.717) is 45.8 Å². The average molecular weight is 412 g/mol. The topological polar surface area (TPSA) is 48.0 Å². The smallest absolute Gasteiger partial charge is 0.323 e. The molecule has 2 aromatic rings. The van der Waals surface area contributed by atoms with Crippen molar-refractivity contribution in [2.24, 2.45) is 0 Å². The molecule has 0 amide bonds. The lowest BCUT2D eigenvalue weighted by Gasteiger charge is -2.31. The standard InChI is InChI=1S/C25H33NO4/c1-2-3-16-30-25(27)23(14-15-24-28-17-18-29-24)26(19-21-10-6-4-7-11-21)20-22-12-8-5-9-13-22/h4-13,23-24H,2-3,14-20H2,1H3/t23-/m0/s1.